The molecule has 0 radical (unpaired) electrons. The summed E-state index contributed by atoms with van der Waals surface area (Å²) >= 11 is 0. The van der Waals surface area contributed by atoms with Gasteiger partial charge < -0.3 is 14.4 Å². The number of piperazine rings is 1. The fourth-order valence-electron chi connectivity index (χ4n) is 3.48. The molecule has 1 fully saturated rings. The zero-order chi connectivity index (χ0) is 22.3. The van der Waals surface area contributed by atoms with Gasteiger partial charge in [0.2, 0.25) is 0 Å². The Morgan fingerprint density at radius 2 is 1.55 bits per heavy atom. The van der Waals surface area contributed by atoms with E-state index in [0.717, 1.165) is 32.5 Å². The molecule has 0 bridgehead atoms. The Bertz CT molecular complexity index is 823. The molecule has 0 unspecified atom stereocenters. The molecule has 2 aromatic carbocycles. The number of rotatable bonds is 7. The lowest BCUT2D eigenvalue weighted by molar-refractivity contribution is 0.0139. The molecule has 1 amide bonds. The Labute approximate surface area is 184 Å². The number of nitrogens with zero attached hydrogens (tertiary/aromatic N) is 2. The number of ether oxygens (including phenoxy) is 2. The molecule has 0 atom stereocenters. The van der Waals surface area contributed by atoms with Crippen molar-refractivity contribution in [1.82, 2.24) is 9.80 Å². The Morgan fingerprint density at radius 3 is 2.16 bits per heavy atom. The summed E-state index contributed by atoms with van der Waals surface area (Å²) in [5.41, 5.74) is 2.10. The second kappa shape index (κ2) is 10.6. The summed E-state index contributed by atoms with van der Waals surface area (Å²) in [6.45, 7) is 10.3. The first-order valence-corrected chi connectivity index (χ1v) is 10.9. The van der Waals surface area contributed by atoms with Gasteiger partial charge in [0.25, 0.3) is 0 Å². The number of hydrogen-bond acceptors (Lipinski definition) is 4. The SMILES string of the molecule is CC(C)(C)OC(=O)N1CCN(Cc2ccc(CCCOc3ccc(F)cc3)cc2)CC1. The van der Waals surface area contributed by atoms with E-state index in [1.165, 1.54) is 23.3 Å². The molecular formula is C25H33FN2O3. The van der Waals surface area contributed by atoms with Crippen molar-refractivity contribution < 1.29 is 18.7 Å². The van der Waals surface area contributed by atoms with E-state index in [1.54, 1.807) is 17.0 Å². The van der Waals surface area contributed by atoms with Crippen molar-refractivity contribution >= 4 is 6.09 Å². The lowest BCUT2D eigenvalue weighted by Gasteiger charge is -2.35. The predicted octanol–water partition coefficient (Wildman–Crippen LogP) is 4.89. The monoisotopic (exact) mass is 428 g/mol. The minimum Gasteiger partial charge on any atom is -0.494 e. The van der Waals surface area contributed by atoms with Gasteiger partial charge in [0, 0.05) is 32.7 Å². The maximum absolute atomic E-state index is 12.9. The number of benzene rings is 2. The predicted molar refractivity (Wildman–Crippen MR) is 120 cm³/mol. The zero-order valence-corrected chi connectivity index (χ0v) is 18.8. The van der Waals surface area contributed by atoms with Gasteiger partial charge in [-0.1, -0.05) is 24.3 Å². The molecule has 1 aliphatic rings. The molecule has 0 aromatic heterocycles. The van der Waals surface area contributed by atoms with Crippen molar-refractivity contribution in [2.24, 2.45) is 0 Å². The quantitative estimate of drug-likeness (QED) is 0.589. The van der Waals surface area contributed by atoms with Crippen molar-refractivity contribution in [1.29, 1.82) is 0 Å². The first-order valence-electron chi connectivity index (χ1n) is 10.9. The van der Waals surface area contributed by atoms with Crippen LogP contribution in [-0.2, 0) is 17.7 Å². The number of halogens is 1. The maximum atomic E-state index is 12.9. The van der Waals surface area contributed by atoms with Crippen molar-refractivity contribution in [3.8, 4) is 5.75 Å². The third kappa shape index (κ3) is 7.87. The minimum atomic E-state index is -0.455. The smallest absolute Gasteiger partial charge is 0.410 e. The van der Waals surface area contributed by atoms with E-state index >= 15 is 0 Å². The Morgan fingerprint density at radius 1 is 0.935 bits per heavy atom. The van der Waals surface area contributed by atoms with E-state index in [4.69, 9.17) is 9.47 Å². The zero-order valence-electron chi connectivity index (χ0n) is 18.8. The van der Waals surface area contributed by atoms with E-state index in [0.29, 0.717) is 25.4 Å². The van der Waals surface area contributed by atoms with Crippen LogP contribution in [0.3, 0.4) is 0 Å². The highest BCUT2D eigenvalue weighted by Gasteiger charge is 2.25. The average molecular weight is 429 g/mol. The van der Waals surface area contributed by atoms with Crippen molar-refractivity contribution in [2.75, 3.05) is 32.8 Å². The highest BCUT2D eigenvalue weighted by molar-refractivity contribution is 5.68. The maximum Gasteiger partial charge on any atom is 0.410 e. The Kier molecular flexibility index (Phi) is 7.91. The van der Waals surface area contributed by atoms with Gasteiger partial charge in [-0.05, 0) is 69.0 Å². The van der Waals surface area contributed by atoms with Crippen LogP contribution in [0.25, 0.3) is 0 Å². The lowest BCUT2D eigenvalue weighted by atomic mass is 10.1. The first-order chi connectivity index (χ1) is 14.8. The summed E-state index contributed by atoms with van der Waals surface area (Å²) in [4.78, 5) is 16.3. The van der Waals surface area contributed by atoms with Crippen LogP contribution in [0.4, 0.5) is 9.18 Å². The van der Waals surface area contributed by atoms with Gasteiger partial charge in [-0.2, -0.15) is 0 Å². The molecule has 0 spiro atoms. The van der Waals surface area contributed by atoms with Crippen molar-refractivity contribution in [3.63, 3.8) is 0 Å². The van der Waals surface area contributed by atoms with E-state index < -0.39 is 5.60 Å². The molecule has 1 aliphatic heterocycles. The molecule has 3 rings (SSSR count). The number of carbonyl (C=O) groups excluding carboxylic acids is 1. The van der Waals surface area contributed by atoms with Gasteiger partial charge in [0.1, 0.15) is 17.2 Å². The van der Waals surface area contributed by atoms with Crippen LogP contribution in [0, 0.1) is 5.82 Å². The number of aryl methyl sites for hydroxylation is 1. The largest absolute Gasteiger partial charge is 0.494 e. The van der Waals surface area contributed by atoms with E-state index in [-0.39, 0.29) is 11.9 Å². The highest BCUT2D eigenvalue weighted by Crippen LogP contribution is 2.15. The van der Waals surface area contributed by atoms with E-state index in [9.17, 15) is 9.18 Å². The van der Waals surface area contributed by atoms with Crippen molar-refractivity contribution in [3.05, 3.63) is 65.5 Å². The number of hydrogen-bond donors (Lipinski definition) is 0. The second-order valence-corrected chi connectivity index (χ2v) is 8.97. The van der Waals surface area contributed by atoms with Gasteiger partial charge in [-0.3, -0.25) is 4.90 Å². The molecule has 2 aromatic rings. The fraction of sp³-hybridized carbons (Fsp3) is 0.480. The first kappa shape index (κ1) is 23.1. The topological polar surface area (TPSA) is 42.0 Å². The number of carbonyl (C=O) groups is 1. The van der Waals surface area contributed by atoms with Crippen LogP contribution >= 0.6 is 0 Å². The van der Waals surface area contributed by atoms with Gasteiger partial charge in [-0.25, -0.2) is 9.18 Å². The van der Waals surface area contributed by atoms with E-state index in [2.05, 4.69) is 29.2 Å². The normalized spacial score (nSPS) is 15.0. The molecule has 6 heteroatoms. The summed E-state index contributed by atoms with van der Waals surface area (Å²) in [6.07, 6.45) is 1.62. The Hall–Kier alpha value is -2.60. The molecule has 31 heavy (non-hydrogen) atoms. The summed E-state index contributed by atoms with van der Waals surface area (Å²) < 4.78 is 24.0. The minimum absolute atomic E-state index is 0.222. The van der Waals surface area contributed by atoms with Gasteiger partial charge in [-0.15, -0.1) is 0 Å². The molecule has 0 aliphatic carbocycles. The molecule has 1 saturated heterocycles. The third-order valence-electron chi connectivity index (χ3n) is 5.15. The van der Waals surface area contributed by atoms with Crippen LogP contribution in [0.15, 0.2) is 48.5 Å². The molecule has 168 valence electrons. The Balaban J connectivity index is 1.36. The third-order valence-corrected chi connectivity index (χ3v) is 5.15. The molecule has 1 heterocycles. The van der Waals surface area contributed by atoms with Crippen LogP contribution in [0.2, 0.25) is 0 Å². The van der Waals surface area contributed by atoms with Gasteiger partial charge in [0.05, 0.1) is 6.61 Å². The average Bonchev–Trinajstić information content (AvgIpc) is 2.73. The second-order valence-electron chi connectivity index (χ2n) is 8.97. The molecular weight excluding hydrogens is 395 g/mol. The van der Waals surface area contributed by atoms with Crippen LogP contribution < -0.4 is 4.74 Å². The van der Waals surface area contributed by atoms with Crippen LogP contribution in [-0.4, -0.2) is 54.3 Å². The van der Waals surface area contributed by atoms with Gasteiger partial charge >= 0.3 is 6.09 Å². The lowest BCUT2D eigenvalue weighted by Crippen LogP contribution is -2.49. The highest BCUT2D eigenvalue weighted by atomic mass is 19.1. The summed E-state index contributed by atoms with van der Waals surface area (Å²) in [6, 6.07) is 14.8. The van der Waals surface area contributed by atoms with Crippen LogP contribution in [0.5, 0.6) is 5.75 Å². The summed E-state index contributed by atoms with van der Waals surface area (Å²) in [7, 11) is 0. The van der Waals surface area contributed by atoms with Crippen molar-refractivity contribution in [2.45, 2.75) is 45.8 Å². The fourth-order valence-corrected chi connectivity index (χ4v) is 3.48. The summed E-state index contributed by atoms with van der Waals surface area (Å²) in [5.74, 6) is 0.445. The number of amides is 1. The summed E-state index contributed by atoms with van der Waals surface area (Å²) in [5, 5.41) is 0. The van der Waals surface area contributed by atoms with Gasteiger partial charge in [0.15, 0.2) is 0 Å². The molecule has 0 N–H and O–H groups in total. The molecule has 5 nitrogen and oxygen atoms in total. The molecule has 0 saturated carbocycles. The standard InChI is InChI=1S/C25H33FN2O3/c1-25(2,3)31-24(29)28-16-14-27(15-17-28)19-21-8-6-20(7-9-21)5-4-18-30-23-12-10-22(26)11-13-23/h6-13H,4-5,14-19H2,1-3H3. The van der Waals surface area contributed by atoms with E-state index in [1.807, 2.05) is 20.8 Å². The van der Waals surface area contributed by atoms with Crippen LogP contribution in [0.1, 0.15) is 38.3 Å².